The third kappa shape index (κ3) is 1.65. The highest BCUT2D eigenvalue weighted by atomic mass is 16.1. The number of rotatable bonds is 2. The van der Waals surface area contributed by atoms with E-state index in [-0.39, 0.29) is 12.2 Å². The summed E-state index contributed by atoms with van der Waals surface area (Å²) in [4.78, 5) is 15.9. The molecule has 78 valence electrons. The number of hydrogen-bond donors (Lipinski definition) is 0. The standard InChI is InChI=1S/C11H13N3O/c1-8-13-11(10(15)5-6-12)9-4-2-3-7-14(8)9/h2-5,7H2,1H3. The van der Waals surface area contributed by atoms with Crippen LogP contribution in [0, 0.1) is 18.3 Å². The average Bonchev–Trinajstić information content (AvgIpc) is 2.58. The minimum Gasteiger partial charge on any atom is -0.332 e. The molecule has 2 rings (SSSR count). The molecule has 0 bridgehead atoms. The number of carbonyl (C=O) groups excluding carboxylic acids is 1. The lowest BCUT2D eigenvalue weighted by Gasteiger charge is -2.15. The van der Waals surface area contributed by atoms with Gasteiger partial charge in [-0.3, -0.25) is 4.79 Å². The summed E-state index contributed by atoms with van der Waals surface area (Å²) in [7, 11) is 0. The molecule has 1 aliphatic rings. The monoisotopic (exact) mass is 203 g/mol. The molecule has 0 N–H and O–H groups in total. The van der Waals surface area contributed by atoms with Crippen molar-refractivity contribution in [3.8, 4) is 6.07 Å². The van der Waals surface area contributed by atoms with Gasteiger partial charge in [0.1, 0.15) is 17.9 Å². The summed E-state index contributed by atoms with van der Waals surface area (Å²) < 4.78 is 2.11. The maximum Gasteiger partial charge on any atom is 0.197 e. The summed E-state index contributed by atoms with van der Waals surface area (Å²) in [5, 5.41) is 8.50. The summed E-state index contributed by atoms with van der Waals surface area (Å²) in [6, 6.07) is 1.88. The number of fused-ring (bicyclic) bond motifs is 1. The topological polar surface area (TPSA) is 58.7 Å². The fraction of sp³-hybridized carbons (Fsp3) is 0.545. The third-order valence-electron chi connectivity index (χ3n) is 2.81. The van der Waals surface area contributed by atoms with Crippen LogP contribution in [0.3, 0.4) is 0 Å². The van der Waals surface area contributed by atoms with Gasteiger partial charge in [0.2, 0.25) is 0 Å². The normalized spacial score (nSPS) is 14.4. The van der Waals surface area contributed by atoms with E-state index in [0.717, 1.165) is 37.3 Å². The Morgan fingerprint density at radius 1 is 1.60 bits per heavy atom. The number of aryl methyl sites for hydroxylation is 1. The van der Waals surface area contributed by atoms with E-state index in [1.54, 1.807) is 0 Å². The van der Waals surface area contributed by atoms with Gasteiger partial charge in [0.05, 0.1) is 6.07 Å². The fourth-order valence-corrected chi connectivity index (χ4v) is 2.10. The molecular formula is C11H13N3O. The van der Waals surface area contributed by atoms with Crippen LogP contribution in [-0.4, -0.2) is 15.3 Å². The lowest BCUT2D eigenvalue weighted by atomic mass is 10.1. The van der Waals surface area contributed by atoms with E-state index in [4.69, 9.17) is 5.26 Å². The lowest BCUT2D eigenvalue weighted by molar-refractivity contribution is 0.0992. The number of nitrogens with zero attached hydrogens (tertiary/aromatic N) is 3. The summed E-state index contributed by atoms with van der Waals surface area (Å²) >= 11 is 0. The molecule has 0 saturated heterocycles. The second-order valence-corrected chi connectivity index (χ2v) is 3.82. The SMILES string of the molecule is Cc1nc(C(=O)CC#N)c2n1CCCC2. The van der Waals surface area contributed by atoms with Gasteiger partial charge in [-0.25, -0.2) is 4.98 Å². The quantitative estimate of drug-likeness (QED) is 0.686. The van der Waals surface area contributed by atoms with E-state index in [1.807, 2.05) is 13.0 Å². The molecule has 4 nitrogen and oxygen atoms in total. The number of Topliss-reactive ketones (excluding diaryl/α,β-unsaturated/α-hetero) is 1. The zero-order valence-corrected chi connectivity index (χ0v) is 8.79. The highest BCUT2D eigenvalue weighted by Crippen LogP contribution is 2.21. The van der Waals surface area contributed by atoms with Crippen molar-refractivity contribution in [2.45, 2.75) is 39.2 Å². The first kappa shape index (κ1) is 9.91. The molecule has 1 aromatic rings. The van der Waals surface area contributed by atoms with Crippen LogP contribution >= 0.6 is 0 Å². The van der Waals surface area contributed by atoms with Gasteiger partial charge in [0.25, 0.3) is 0 Å². The van der Waals surface area contributed by atoms with Crippen molar-refractivity contribution in [3.05, 3.63) is 17.2 Å². The Balaban J connectivity index is 2.41. The first-order valence-corrected chi connectivity index (χ1v) is 5.20. The van der Waals surface area contributed by atoms with Gasteiger partial charge >= 0.3 is 0 Å². The molecular weight excluding hydrogens is 190 g/mol. The van der Waals surface area contributed by atoms with E-state index >= 15 is 0 Å². The van der Waals surface area contributed by atoms with Crippen LogP contribution in [0.15, 0.2) is 0 Å². The summed E-state index contributed by atoms with van der Waals surface area (Å²) in [6.07, 6.45) is 3.10. The van der Waals surface area contributed by atoms with Crippen LogP contribution < -0.4 is 0 Å². The largest absolute Gasteiger partial charge is 0.332 e. The molecule has 0 radical (unpaired) electrons. The molecule has 1 aliphatic heterocycles. The highest BCUT2D eigenvalue weighted by Gasteiger charge is 2.21. The molecule has 0 atom stereocenters. The van der Waals surface area contributed by atoms with E-state index in [2.05, 4.69) is 9.55 Å². The Morgan fingerprint density at radius 2 is 2.40 bits per heavy atom. The van der Waals surface area contributed by atoms with E-state index < -0.39 is 0 Å². The molecule has 0 spiro atoms. The Hall–Kier alpha value is -1.63. The molecule has 0 saturated carbocycles. The molecule has 0 amide bonds. The molecule has 1 aromatic heterocycles. The van der Waals surface area contributed by atoms with Gasteiger partial charge < -0.3 is 4.57 Å². The zero-order chi connectivity index (χ0) is 10.8. The first-order chi connectivity index (χ1) is 7.24. The fourth-order valence-electron chi connectivity index (χ4n) is 2.10. The van der Waals surface area contributed by atoms with Gasteiger partial charge in [-0.2, -0.15) is 5.26 Å². The van der Waals surface area contributed by atoms with Crippen molar-refractivity contribution in [2.24, 2.45) is 0 Å². The van der Waals surface area contributed by atoms with Crippen LogP contribution in [-0.2, 0) is 13.0 Å². The second kappa shape index (κ2) is 3.85. The van der Waals surface area contributed by atoms with Gasteiger partial charge in [-0.1, -0.05) is 0 Å². The maximum atomic E-state index is 11.6. The Kier molecular flexibility index (Phi) is 2.55. The van der Waals surface area contributed by atoms with Gasteiger partial charge in [-0.05, 0) is 26.2 Å². The van der Waals surface area contributed by atoms with Crippen molar-refractivity contribution in [2.75, 3.05) is 0 Å². The molecule has 4 heteroatoms. The number of imidazole rings is 1. The molecule has 15 heavy (non-hydrogen) atoms. The number of ketones is 1. The average molecular weight is 203 g/mol. The smallest absolute Gasteiger partial charge is 0.197 e. The number of hydrogen-bond acceptors (Lipinski definition) is 3. The van der Waals surface area contributed by atoms with Crippen molar-refractivity contribution >= 4 is 5.78 Å². The van der Waals surface area contributed by atoms with Crippen LogP contribution in [0.25, 0.3) is 0 Å². The van der Waals surface area contributed by atoms with Gasteiger partial charge in [-0.15, -0.1) is 0 Å². The molecule has 0 fully saturated rings. The van der Waals surface area contributed by atoms with E-state index in [0.29, 0.717) is 5.69 Å². The lowest BCUT2D eigenvalue weighted by Crippen LogP contribution is -2.13. The third-order valence-corrected chi connectivity index (χ3v) is 2.81. The first-order valence-electron chi connectivity index (χ1n) is 5.20. The van der Waals surface area contributed by atoms with Crippen LogP contribution in [0.4, 0.5) is 0 Å². The van der Waals surface area contributed by atoms with Crippen molar-refractivity contribution in [1.82, 2.24) is 9.55 Å². The minimum absolute atomic E-state index is 0.0660. The van der Waals surface area contributed by atoms with E-state index in [1.165, 1.54) is 0 Å². The highest BCUT2D eigenvalue weighted by molar-refractivity contribution is 5.96. The van der Waals surface area contributed by atoms with Crippen LogP contribution in [0.5, 0.6) is 0 Å². The van der Waals surface area contributed by atoms with Crippen LogP contribution in [0.1, 0.15) is 41.3 Å². The predicted molar refractivity (Wildman–Crippen MR) is 54.5 cm³/mol. The summed E-state index contributed by atoms with van der Waals surface area (Å²) in [6.45, 7) is 2.87. The minimum atomic E-state index is -0.142. The predicted octanol–water partition coefficient (Wildman–Crippen LogP) is 1.62. The Morgan fingerprint density at radius 3 is 3.13 bits per heavy atom. The van der Waals surface area contributed by atoms with E-state index in [9.17, 15) is 4.79 Å². The Labute approximate surface area is 88.5 Å². The van der Waals surface area contributed by atoms with Crippen molar-refractivity contribution < 1.29 is 4.79 Å². The molecule has 0 aliphatic carbocycles. The number of aromatic nitrogens is 2. The zero-order valence-electron chi connectivity index (χ0n) is 8.79. The molecule has 0 unspecified atom stereocenters. The summed E-state index contributed by atoms with van der Waals surface area (Å²) in [5.41, 5.74) is 1.55. The van der Waals surface area contributed by atoms with Crippen molar-refractivity contribution in [1.29, 1.82) is 5.26 Å². The maximum absolute atomic E-state index is 11.6. The van der Waals surface area contributed by atoms with Crippen LogP contribution in [0.2, 0.25) is 0 Å². The number of nitriles is 1. The van der Waals surface area contributed by atoms with Crippen molar-refractivity contribution in [3.63, 3.8) is 0 Å². The number of carbonyl (C=O) groups is 1. The summed E-state index contributed by atoms with van der Waals surface area (Å²) in [5.74, 6) is 0.752. The molecule has 2 heterocycles. The van der Waals surface area contributed by atoms with Gasteiger partial charge in [0.15, 0.2) is 5.78 Å². The van der Waals surface area contributed by atoms with Gasteiger partial charge in [0, 0.05) is 12.2 Å². The Bertz CT molecular complexity index is 439. The second-order valence-electron chi connectivity index (χ2n) is 3.82. The molecule has 0 aromatic carbocycles.